The van der Waals surface area contributed by atoms with Gasteiger partial charge in [-0.2, -0.15) is 5.10 Å². The van der Waals surface area contributed by atoms with Gasteiger partial charge in [0.15, 0.2) is 5.82 Å². The van der Waals surface area contributed by atoms with Gasteiger partial charge in [0, 0.05) is 22.6 Å². The summed E-state index contributed by atoms with van der Waals surface area (Å²) in [7, 11) is 1.61. The van der Waals surface area contributed by atoms with E-state index >= 15 is 0 Å². The third kappa shape index (κ3) is 3.46. The second kappa shape index (κ2) is 8.01. The smallest absolute Gasteiger partial charge is 0.261 e. The fourth-order valence-corrected chi connectivity index (χ4v) is 4.08. The number of amides is 2. The number of benzene rings is 3. The van der Waals surface area contributed by atoms with Gasteiger partial charge >= 0.3 is 0 Å². The van der Waals surface area contributed by atoms with Crippen LogP contribution in [-0.4, -0.2) is 40.1 Å². The van der Waals surface area contributed by atoms with Gasteiger partial charge in [0.25, 0.3) is 11.8 Å². The molecular formula is C24H19ClN4O3. The Kier molecular flexibility index (Phi) is 5.03. The van der Waals surface area contributed by atoms with Crippen molar-refractivity contribution in [3.8, 4) is 5.75 Å². The molecule has 160 valence electrons. The molecule has 2 heterocycles. The normalized spacial score (nSPS) is 13.0. The van der Waals surface area contributed by atoms with Crippen molar-refractivity contribution in [2.75, 3.05) is 19.0 Å². The Morgan fingerprint density at radius 1 is 0.938 bits per heavy atom. The van der Waals surface area contributed by atoms with Gasteiger partial charge in [0.05, 0.1) is 30.3 Å². The minimum Gasteiger partial charge on any atom is -0.497 e. The van der Waals surface area contributed by atoms with Crippen LogP contribution in [0.3, 0.4) is 0 Å². The molecule has 4 aromatic rings. The van der Waals surface area contributed by atoms with Crippen LogP contribution in [0.15, 0.2) is 66.7 Å². The van der Waals surface area contributed by atoms with Crippen LogP contribution in [-0.2, 0) is 6.54 Å². The summed E-state index contributed by atoms with van der Waals surface area (Å²) in [5, 5.41) is 9.47. The van der Waals surface area contributed by atoms with Crippen molar-refractivity contribution in [2.24, 2.45) is 0 Å². The SMILES string of the molecule is COc1ccc2c(c1)c(Nc1cccc(Cl)c1)nn2CCN1C(=O)c2ccccc2C1=O. The van der Waals surface area contributed by atoms with Crippen molar-refractivity contribution in [3.05, 3.63) is 82.9 Å². The van der Waals surface area contributed by atoms with Gasteiger partial charge in [-0.05, 0) is 48.5 Å². The second-order valence-corrected chi connectivity index (χ2v) is 7.83. The largest absolute Gasteiger partial charge is 0.497 e. The number of hydrogen-bond acceptors (Lipinski definition) is 5. The molecule has 0 aliphatic carbocycles. The Bertz CT molecular complexity index is 1330. The van der Waals surface area contributed by atoms with Gasteiger partial charge in [-0.15, -0.1) is 0 Å². The number of halogens is 1. The number of ether oxygens (including phenoxy) is 1. The number of nitrogens with one attached hydrogen (secondary N) is 1. The van der Waals surface area contributed by atoms with E-state index in [9.17, 15) is 9.59 Å². The minimum absolute atomic E-state index is 0.214. The van der Waals surface area contributed by atoms with Crippen LogP contribution in [0, 0.1) is 0 Å². The van der Waals surface area contributed by atoms with E-state index in [1.54, 1.807) is 42.1 Å². The number of rotatable bonds is 6. The topological polar surface area (TPSA) is 76.5 Å². The lowest BCUT2D eigenvalue weighted by molar-refractivity contribution is 0.0648. The Morgan fingerprint density at radius 3 is 2.38 bits per heavy atom. The van der Waals surface area contributed by atoms with Gasteiger partial charge in [0.2, 0.25) is 0 Å². The fourth-order valence-electron chi connectivity index (χ4n) is 3.89. The highest BCUT2D eigenvalue weighted by molar-refractivity contribution is 6.30. The van der Waals surface area contributed by atoms with E-state index in [4.69, 9.17) is 21.4 Å². The predicted octanol–water partition coefficient (Wildman–Crippen LogP) is 4.74. The first-order valence-electron chi connectivity index (χ1n) is 10.1. The Morgan fingerprint density at radius 2 is 1.69 bits per heavy atom. The standard InChI is InChI=1S/C24H19ClN4O3/c1-32-17-9-10-21-20(14-17)22(26-16-6-4-5-15(25)13-16)27-29(21)12-11-28-23(30)18-7-2-3-8-19(18)24(28)31/h2-10,13-14H,11-12H2,1H3,(H,26,27). The van der Waals surface area contributed by atoms with Crippen LogP contribution < -0.4 is 10.1 Å². The van der Waals surface area contributed by atoms with Crippen molar-refractivity contribution in [1.29, 1.82) is 0 Å². The Balaban J connectivity index is 1.45. The highest BCUT2D eigenvalue weighted by Crippen LogP contribution is 2.30. The number of carbonyl (C=O) groups is 2. The number of anilines is 2. The van der Waals surface area contributed by atoms with Crippen molar-refractivity contribution in [1.82, 2.24) is 14.7 Å². The average molecular weight is 447 g/mol. The minimum atomic E-state index is -0.277. The number of imide groups is 1. The van der Waals surface area contributed by atoms with Gasteiger partial charge < -0.3 is 10.1 Å². The second-order valence-electron chi connectivity index (χ2n) is 7.40. The van der Waals surface area contributed by atoms with Crippen molar-refractivity contribution in [2.45, 2.75) is 6.54 Å². The van der Waals surface area contributed by atoms with Crippen molar-refractivity contribution < 1.29 is 14.3 Å². The molecule has 0 fully saturated rings. The molecule has 0 spiro atoms. The van der Waals surface area contributed by atoms with Gasteiger partial charge in [0.1, 0.15) is 5.75 Å². The maximum absolute atomic E-state index is 12.7. The number of carbonyl (C=O) groups excluding carboxylic acids is 2. The molecule has 0 radical (unpaired) electrons. The van der Waals surface area contributed by atoms with Crippen LogP contribution >= 0.6 is 11.6 Å². The Labute approximate surface area is 189 Å². The summed E-state index contributed by atoms with van der Waals surface area (Å²) in [6, 6.07) is 19.9. The van der Waals surface area contributed by atoms with Gasteiger partial charge in [-0.1, -0.05) is 29.8 Å². The van der Waals surface area contributed by atoms with E-state index in [0.717, 1.165) is 16.6 Å². The molecule has 1 N–H and O–H groups in total. The molecule has 0 saturated carbocycles. The highest BCUT2D eigenvalue weighted by atomic mass is 35.5. The average Bonchev–Trinajstić information content (AvgIpc) is 3.26. The maximum atomic E-state index is 12.7. The van der Waals surface area contributed by atoms with Crippen LogP contribution in [0.2, 0.25) is 5.02 Å². The Hall–Kier alpha value is -3.84. The van der Waals surface area contributed by atoms with Crippen molar-refractivity contribution in [3.63, 3.8) is 0 Å². The van der Waals surface area contributed by atoms with E-state index < -0.39 is 0 Å². The maximum Gasteiger partial charge on any atom is 0.261 e. The molecule has 1 aromatic heterocycles. The molecule has 8 heteroatoms. The highest BCUT2D eigenvalue weighted by Gasteiger charge is 2.34. The molecule has 0 unspecified atom stereocenters. The number of nitrogens with zero attached hydrogens (tertiary/aromatic N) is 3. The summed E-state index contributed by atoms with van der Waals surface area (Å²) >= 11 is 6.12. The summed E-state index contributed by atoms with van der Waals surface area (Å²) in [5.41, 5.74) is 2.53. The van der Waals surface area contributed by atoms with Crippen LogP contribution in [0.4, 0.5) is 11.5 Å². The predicted molar refractivity (Wildman–Crippen MR) is 123 cm³/mol. The van der Waals surface area contributed by atoms with E-state index in [2.05, 4.69) is 5.32 Å². The number of fused-ring (bicyclic) bond motifs is 2. The molecule has 7 nitrogen and oxygen atoms in total. The van der Waals surface area contributed by atoms with Crippen LogP contribution in [0.25, 0.3) is 10.9 Å². The van der Waals surface area contributed by atoms with E-state index in [-0.39, 0.29) is 18.4 Å². The third-order valence-corrected chi connectivity index (χ3v) is 5.69. The summed E-state index contributed by atoms with van der Waals surface area (Å²) in [6.45, 7) is 0.567. The molecule has 0 atom stereocenters. The lowest BCUT2D eigenvalue weighted by atomic mass is 10.1. The van der Waals surface area contributed by atoms with Crippen molar-refractivity contribution >= 4 is 45.8 Å². The first-order valence-corrected chi connectivity index (χ1v) is 10.5. The number of methoxy groups -OCH3 is 1. The molecular weight excluding hydrogens is 428 g/mol. The zero-order valence-corrected chi connectivity index (χ0v) is 18.0. The fraction of sp³-hybridized carbons (Fsp3) is 0.125. The van der Waals surface area contributed by atoms with Crippen LogP contribution in [0.5, 0.6) is 5.75 Å². The zero-order chi connectivity index (χ0) is 22.2. The zero-order valence-electron chi connectivity index (χ0n) is 17.2. The van der Waals surface area contributed by atoms with E-state index in [1.807, 2.05) is 36.4 Å². The van der Waals surface area contributed by atoms with Gasteiger partial charge in [-0.25, -0.2) is 0 Å². The quantitative estimate of drug-likeness (QED) is 0.433. The van der Waals surface area contributed by atoms with E-state index in [0.29, 0.717) is 34.3 Å². The first-order chi connectivity index (χ1) is 15.5. The third-order valence-electron chi connectivity index (χ3n) is 5.46. The molecule has 32 heavy (non-hydrogen) atoms. The van der Waals surface area contributed by atoms with Crippen LogP contribution in [0.1, 0.15) is 20.7 Å². The molecule has 3 aromatic carbocycles. The first kappa shape index (κ1) is 20.1. The molecule has 0 saturated heterocycles. The summed E-state index contributed by atoms with van der Waals surface area (Å²) in [6.07, 6.45) is 0. The summed E-state index contributed by atoms with van der Waals surface area (Å²) < 4.78 is 7.16. The molecule has 5 rings (SSSR count). The lowest BCUT2D eigenvalue weighted by Crippen LogP contribution is -2.33. The molecule has 2 amide bonds. The monoisotopic (exact) mass is 446 g/mol. The molecule has 1 aliphatic rings. The molecule has 1 aliphatic heterocycles. The van der Waals surface area contributed by atoms with Gasteiger partial charge in [-0.3, -0.25) is 19.2 Å². The van der Waals surface area contributed by atoms with E-state index in [1.165, 1.54) is 4.90 Å². The number of aromatic nitrogens is 2. The summed E-state index contributed by atoms with van der Waals surface area (Å²) in [4.78, 5) is 26.6. The lowest BCUT2D eigenvalue weighted by Gasteiger charge is -2.14. The summed E-state index contributed by atoms with van der Waals surface area (Å²) in [5.74, 6) is 0.775. The number of hydrogen-bond donors (Lipinski definition) is 1. The molecule has 0 bridgehead atoms.